The number of nitrogens with zero attached hydrogens (tertiary/aromatic N) is 1. The normalized spacial score (nSPS) is 27.2. The summed E-state index contributed by atoms with van der Waals surface area (Å²) in [5.41, 5.74) is 0.522. The highest BCUT2D eigenvalue weighted by Crippen LogP contribution is 2.30. The van der Waals surface area contributed by atoms with Crippen molar-refractivity contribution in [3.05, 3.63) is 0 Å². The Morgan fingerprint density at radius 1 is 1.39 bits per heavy atom. The van der Waals surface area contributed by atoms with Gasteiger partial charge in [0.1, 0.15) is 0 Å². The van der Waals surface area contributed by atoms with E-state index >= 15 is 0 Å². The van der Waals surface area contributed by atoms with Crippen LogP contribution in [0.3, 0.4) is 0 Å². The number of rotatable bonds is 4. The predicted molar refractivity (Wildman–Crippen MR) is 78.0 cm³/mol. The molecule has 0 spiro atoms. The topological polar surface area (TPSA) is 24.5 Å². The molecule has 1 aliphatic heterocycles. The summed E-state index contributed by atoms with van der Waals surface area (Å²) in [4.78, 5) is 2.68. The zero-order chi connectivity index (χ0) is 14.0. The van der Waals surface area contributed by atoms with Crippen LogP contribution in [-0.2, 0) is 4.74 Å². The summed E-state index contributed by atoms with van der Waals surface area (Å²) in [6.45, 7) is 17.0. The Hall–Kier alpha value is -0.120. The van der Waals surface area contributed by atoms with E-state index in [2.05, 4.69) is 51.8 Å². The third kappa shape index (κ3) is 4.22. The smallest absolute Gasteiger partial charge is 0.0477 e. The van der Waals surface area contributed by atoms with Gasteiger partial charge in [0.25, 0.3) is 0 Å². The van der Waals surface area contributed by atoms with E-state index in [0.29, 0.717) is 17.5 Å². The maximum absolute atomic E-state index is 5.23. The SMILES string of the molecule is COCCC(C)N1CC(C)(C)NCC1C(C)(C)C. The van der Waals surface area contributed by atoms with Gasteiger partial charge in [-0.3, -0.25) is 4.90 Å². The maximum atomic E-state index is 5.23. The summed E-state index contributed by atoms with van der Waals surface area (Å²) in [6.07, 6.45) is 1.11. The van der Waals surface area contributed by atoms with Gasteiger partial charge in [-0.2, -0.15) is 0 Å². The Balaban J connectivity index is 2.77. The summed E-state index contributed by atoms with van der Waals surface area (Å²) < 4.78 is 5.23. The lowest BCUT2D eigenvalue weighted by atomic mass is 9.81. The fourth-order valence-corrected chi connectivity index (χ4v) is 2.83. The van der Waals surface area contributed by atoms with Gasteiger partial charge in [0, 0.05) is 44.4 Å². The van der Waals surface area contributed by atoms with E-state index in [-0.39, 0.29) is 5.54 Å². The lowest BCUT2D eigenvalue weighted by Crippen LogP contribution is -2.66. The largest absolute Gasteiger partial charge is 0.385 e. The number of methoxy groups -OCH3 is 1. The molecule has 0 aromatic heterocycles. The van der Waals surface area contributed by atoms with Crippen LogP contribution in [-0.4, -0.2) is 49.3 Å². The number of hydrogen-bond acceptors (Lipinski definition) is 3. The van der Waals surface area contributed by atoms with Crippen molar-refractivity contribution in [3.8, 4) is 0 Å². The molecule has 2 unspecified atom stereocenters. The molecule has 1 fully saturated rings. The van der Waals surface area contributed by atoms with Gasteiger partial charge in [-0.25, -0.2) is 0 Å². The first kappa shape index (κ1) is 15.9. The van der Waals surface area contributed by atoms with Crippen LogP contribution in [0.2, 0.25) is 0 Å². The molecule has 0 aliphatic carbocycles. The molecule has 0 bridgehead atoms. The van der Waals surface area contributed by atoms with Crippen LogP contribution < -0.4 is 5.32 Å². The van der Waals surface area contributed by atoms with Crippen LogP contribution in [0.4, 0.5) is 0 Å². The van der Waals surface area contributed by atoms with E-state index in [1.807, 2.05) is 0 Å². The molecule has 0 saturated carbocycles. The van der Waals surface area contributed by atoms with Crippen molar-refractivity contribution in [2.24, 2.45) is 5.41 Å². The molecule has 0 aromatic rings. The first-order chi connectivity index (χ1) is 8.17. The predicted octanol–water partition coefficient (Wildman–Crippen LogP) is 2.51. The van der Waals surface area contributed by atoms with Gasteiger partial charge in [0.15, 0.2) is 0 Å². The van der Waals surface area contributed by atoms with Gasteiger partial charge in [0.2, 0.25) is 0 Å². The molecular formula is C15H32N2O. The van der Waals surface area contributed by atoms with Gasteiger partial charge in [-0.15, -0.1) is 0 Å². The summed E-state index contributed by atoms with van der Waals surface area (Å²) in [6, 6.07) is 1.17. The second-order valence-corrected chi connectivity index (χ2v) is 7.45. The van der Waals surface area contributed by atoms with E-state index in [0.717, 1.165) is 26.1 Å². The molecule has 108 valence electrons. The third-order valence-electron chi connectivity index (χ3n) is 4.06. The highest BCUT2D eigenvalue weighted by atomic mass is 16.5. The van der Waals surface area contributed by atoms with E-state index in [4.69, 9.17) is 4.74 Å². The summed E-state index contributed by atoms with van der Waals surface area (Å²) in [5, 5.41) is 3.68. The Morgan fingerprint density at radius 3 is 2.50 bits per heavy atom. The van der Waals surface area contributed by atoms with Crippen LogP contribution in [0.15, 0.2) is 0 Å². The first-order valence-electron chi connectivity index (χ1n) is 7.17. The first-order valence-corrected chi connectivity index (χ1v) is 7.17. The number of ether oxygens (including phenoxy) is 1. The zero-order valence-corrected chi connectivity index (χ0v) is 13.3. The average molecular weight is 256 g/mol. The minimum absolute atomic E-state index is 0.211. The number of nitrogens with one attached hydrogen (secondary N) is 1. The molecule has 0 radical (unpaired) electrons. The van der Waals surface area contributed by atoms with Gasteiger partial charge < -0.3 is 10.1 Å². The maximum Gasteiger partial charge on any atom is 0.0477 e. The molecule has 2 atom stereocenters. The molecule has 0 amide bonds. The van der Waals surface area contributed by atoms with Gasteiger partial charge in [-0.1, -0.05) is 20.8 Å². The van der Waals surface area contributed by atoms with Crippen molar-refractivity contribution in [2.45, 2.75) is 65.6 Å². The molecule has 1 aliphatic rings. The Labute approximate surface area is 113 Å². The van der Waals surface area contributed by atoms with Crippen molar-refractivity contribution < 1.29 is 4.74 Å². The van der Waals surface area contributed by atoms with E-state index < -0.39 is 0 Å². The monoisotopic (exact) mass is 256 g/mol. The van der Waals surface area contributed by atoms with Crippen LogP contribution >= 0.6 is 0 Å². The minimum atomic E-state index is 0.211. The van der Waals surface area contributed by atoms with Crippen LogP contribution in [0.25, 0.3) is 0 Å². The molecular weight excluding hydrogens is 224 g/mol. The molecule has 1 N–H and O–H groups in total. The number of piperazine rings is 1. The van der Waals surface area contributed by atoms with Crippen molar-refractivity contribution in [3.63, 3.8) is 0 Å². The Bertz CT molecular complexity index is 258. The van der Waals surface area contributed by atoms with Gasteiger partial charge >= 0.3 is 0 Å². The molecule has 1 saturated heterocycles. The molecule has 0 aromatic carbocycles. The lowest BCUT2D eigenvalue weighted by Gasteiger charge is -2.51. The molecule has 18 heavy (non-hydrogen) atoms. The van der Waals surface area contributed by atoms with Gasteiger partial charge in [0.05, 0.1) is 0 Å². The summed E-state index contributed by atoms with van der Waals surface area (Å²) >= 11 is 0. The van der Waals surface area contributed by atoms with E-state index in [1.165, 1.54) is 0 Å². The van der Waals surface area contributed by atoms with Crippen LogP contribution in [0.1, 0.15) is 48.0 Å². The Morgan fingerprint density at radius 2 is 2.00 bits per heavy atom. The van der Waals surface area contributed by atoms with Crippen LogP contribution in [0, 0.1) is 5.41 Å². The standard InChI is InChI=1S/C15H32N2O/c1-12(8-9-18-7)17-11-15(5,6)16-10-13(17)14(2,3)4/h12-13,16H,8-11H2,1-7H3. The van der Waals surface area contributed by atoms with Crippen molar-refractivity contribution in [1.82, 2.24) is 10.2 Å². The van der Waals surface area contributed by atoms with E-state index in [9.17, 15) is 0 Å². The van der Waals surface area contributed by atoms with Crippen molar-refractivity contribution in [2.75, 3.05) is 26.8 Å². The molecule has 3 heteroatoms. The second kappa shape index (κ2) is 5.89. The molecule has 3 nitrogen and oxygen atoms in total. The Kier molecular flexibility index (Phi) is 5.22. The summed E-state index contributed by atoms with van der Waals surface area (Å²) in [5.74, 6) is 0. The van der Waals surface area contributed by atoms with Crippen molar-refractivity contribution >= 4 is 0 Å². The minimum Gasteiger partial charge on any atom is -0.385 e. The highest BCUT2D eigenvalue weighted by molar-refractivity contribution is 4.98. The molecule has 1 rings (SSSR count). The fraction of sp³-hybridized carbons (Fsp3) is 1.00. The second-order valence-electron chi connectivity index (χ2n) is 7.45. The number of hydrogen-bond donors (Lipinski definition) is 1. The van der Waals surface area contributed by atoms with Gasteiger partial charge in [-0.05, 0) is 32.6 Å². The van der Waals surface area contributed by atoms with E-state index in [1.54, 1.807) is 7.11 Å². The van der Waals surface area contributed by atoms with Crippen LogP contribution in [0.5, 0.6) is 0 Å². The summed E-state index contributed by atoms with van der Waals surface area (Å²) in [7, 11) is 1.79. The quantitative estimate of drug-likeness (QED) is 0.836. The third-order valence-corrected chi connectivity index (χ3v) is 4.06. The lowest BCUT2D eigenvalue weighted by molar-refractivity contribution is -0.00261. The fourth-order valence-electron chi connectivity index (χ4n) is 2.83. The van der Waals surface area contributed by atoms with Crippen molar-refractivity contribution in [1.29, 1.82) is 0 Å². The zero-order valence-electron chi connectivity index (χ0n) is 13.3. The average Bonchev–Trinajstić information content (AvgIpc) is 2.22. The highest BCUT2D eigenvalue weighted by Gasteiger charge is 2.40. The molecule has 1 heterocycles.